The molecule has 1 aromatic rings. The zero-order valence-corrected chi connectivity index (χ0v) is 12.9. The molecule has 1 aliphatic heterocycles. The molecule has 1 N–H and O–H groups in total. The Morgan fingerprint density at radius 2 is 2.10 bits per heavy atom. The van der Waals surface area contributed by atoms with Crippen LogP contribution in [0.15, 0.2) is 30.3 Å². The van der Waals surface area contributed by atoms with E-state index in [1.54, 1.807) is 0 Å². The summed E-state index contributed by atoms with van der Waals surface area (Å²) in [6.07, 6.45) is 1.27. The number of aliphatic hydroxyl groups excluding tert-OH is 1. The molecule has 0 aromatic heterocycles. The van der Waals surface area contributed by atoms with Gasteiger partial charge in [-0.3, -0.25) is 9.69 Å². The molecule has 0 bridgehead atoms. The standard InChI is InChI=1S/C17H25NO3/c1-17(2)13-18(11-15(12-19)21-17)10-6-9-16(20)14-7-4-3-5-8-14/h3-5,7-8,15,19H,6,9-13H2,1-2H3. The summed E-state index contributed by atoms with van der Waals surface area (Å²) in [6, 6.07) is 9.43. The third-order valence-corrected chi connectivity index (χ3v) is 3.73. The van der Waals surface area contributed by atoms with Gasteiger partial charge in [0, 0.05) is 25.1 Å². The van der Waals surface area contributed by atoms with E-state index in [2.05, 4.69) is 4.90 Å². The highest BCUT2D eigenvalue weighted by molar-refractivity contribution is 5.95. The third-order valence-electron chi connectivity index (χ3n) is 3.73. The van der Waals surface area contributed by atoms with Crippen LogP contribution >= 0.6 is 0 Å². The number of rotatable bonds is 6. The second kappa shape index (κ2) is 7.16. The topological polar surface area (TPSA) is 49.8 Å². The summed E-state index contributed by atoms with van der Waals surface area (Å²) in [6.45, 7) is 6.56. The number of carbonyl (C=O) groups excluding carboxylic acids is 1. The largest absolute Gasteiger partial charge is 0.394 e. The fourth-order valence-corrected chi connectivity index (χ4v) is 2.91. The number of nitrogens with zero attached hydrogens (tertiary/aromatic N) is 1. The SMILES string of the molecule is CC1(C)CN(CCCC(=O)c2ccccc2)CC(CO)O1. The van der Waals surface area contributed by atoms with Crippen LogP contribution in [0.5, 0.6) is 0 Å². The van der Waals surface area contributed by atoms with Crippen LogP contribution < -0.4 is 0 Å². The summed E-state index contributed by atoms with van der Waals surface area (Å²) in [5, 5.41) is 9.30. The number of hydrogen-bond acceptors (Lipinski definition) is 4. The molecule has 1 atom stereocenters. The van der Waals surface area contributed by atoms with Crippen LogP contribution in [0, 0.1) is 0 Å². The fourth-order valence-electron chi connectivity index (χ4n) is 2.91. The Morgan fingerprint density at radius 3 is 2.76 bits per heavy atom. The van der Waals surface area contributed by atoms with E-state index in [1.165, 1.54) is 0 Å². The normalized spacial score (nSPS) is 22.1. The number of Topliss-reactive ketones (excluding diaryl/α,β-unsaturated/α-hetero) is 1. The molecule has 0 aliphatic carbocycles. The zero-order valence-electron chi connectivity index (χ0n) is 12.9. The summed E-state index contributed by atoms with van der Waals surface area (Å²) < 4.78 is 5.79. The minimum Gasteiger partial charge on any atom is -0.394 e. The van der Waals surface area contributed by atoms with Crippen molar-refractivity contribution in [3.63, 3.8) is 0 Å². The molecule has 0 saturated carbocycles. The first-order valence-corrected chi connectivity index (χ1v) is 7.59. The smallest absolute Gasteiger partial charge is 0.162 e. The van der Waals surface area contributed by atoms with Crippen molar-refractivity contribution < 1.29 is 14.6 Å². The first-order chi connectivity index (χ1) is 10.00. The molecule has 21 heavy (non-hydrogen) atoms. The van der Waals surface area contributed by atoms with Gasteiger partial charge < -0.3 is 9.84 Å². The van der Waals surface area contributed by atoms with Crippen molar-refractivity contribution in [2.75, 3.05) is 26.2 Å². The molecule has 4 heteroatoms. The Balaban J connectivity index is 1.79. The maximum atomic E-state index is 12.1. The van der Waals surface area contributed by atoms with Crippen LogP contribution in [0.3, 0.4) is 0 Å². The van der Waals surface area contributed by atoms with E-state index in [0.29, 0.717) is 6.42 Å². The van der Waals surface area contributed by atoms with Crippen molar-refractivity contribution in [1.82, 2.24) is 4.90 Å². The molecule has 0 radical (unpaired) electrons. The predicted molar refractivity (Wildman–Crippen MR) is 82.5 cm³/mol. The van der Waals surface area contributed by atoms with Crippen molar-refractivity contribution in [2.24, 2.45) is 0 Å². The van der Waals surface area contributed by atoms with E-state index in [9.17, 15) is 9.90 Å². The molecular weight excluding hydrogens is 266 g/mol. The minimum absolute atomic E-state index is 0.0445. The lowest BCUT2D eigenvalue weighted by Gasteiger charge is -2.42. The third kappa shape index (κ3) is 4.92. The van der Waals surface area contributed by atoms with E-state index < -0.39 is 0 Å². The number of ether oxygens (including phenoxy) is 1. The lowest BCUT2D eigenvalue weighted by Crippen LogP contribution is -2.53. The van der Waals surface area contributed by atoms with E-state index in [4.69, 9.17) is 4.74 Å². The number of carbonyl (C=O) groups is 1. The molecule has 2 rings (SSSR count). The Bertz CT molecular complexity index is 458. The van der Waals surface area contributed by atoms with Crippen molar-refractivity contribution in [1.29, 1.82) is 0 Å². The van der Waals surface area contributed by atoms with Gasteiger partial charge in [0.25, 0.3) is 0 Å². The summed E-state index contributed by atoms with van der Waals surface area (Å²) in [5.41, 5.74) is 0.544. The molecule has 1 heterocycles. The molecule has 1 saturated heterocycles. The van der Waals surface area contributed by atoms with Crippen LogP contribution in [0.1, 0.15) is 37.0 Å². The first-order valence-electron chi connectivity index (χ1n) is 7.59. The van der Waals surface area contributed by atoms with Crippen LogP contribution in [-0.2, 0) is 4.74 Å². The van der Waals surface area contributed by atoms with Gasteiger partial charge in [0.15, 0.2) is 5.78 Å². The molecule has 1 unspecified atom stereocenters. The van der Waals surface area contributed by atoms with Crippen LogP contribution in [0.4, 0.5) is 0 Å². The van der Waals surface area contributed by atoms with Gasteiger partial charge in [-0.25, -0.2) is 0 Å². The summed E-state index contributed by atoms with van der Waals surface area (Å²) >= 11 is 0. The first kappa shape index (κ1) is 16.1. The summed E-state index contributed by atoms with van der Waals surface area (Å²) in [7, 11) is 0. The van der Waals surface area contributed by atoms with Crippen molar-refractivity contribution in [3.8, 4) is 0 Å². The average Bonchev–Trinajstić information content (AvgIpc) is 2.46. The van der Waals surface area contributed by atoms with Crippen LogP contribution in [0.2, 0.25) is 0 Å². The predicted octanol–water partition coefficient (Wildman–Crippen LogP) is 2.12. The maximum Gasteiger partial charge on any atom is 0.162 e. The Kier molecular flexibility index (Phi) is 5.51. The van der Waals surface area contributed by atoms with E-state index >= 15 is 0 Å². The number of morpholine rings is 1. The molecule has 0 amide bonds. The second-order valence-electron chi connectivity index (χ2n) is 6.31. The Morgan fingerprint density at radius 1 is 1.38 bits per heavy atom. The quantitative estimate of drug-likeness (QED) is 0.816. The molecule has 116 valence electrons. The van der Waals surface area contributed by atoms with Gasteiger partial charge in [-0.15, -0.1) is 0 Å². The summed E-state index contributed by atoms with van der Waals surface area (Å²) in [4.78, 5) is 14.3. The highest BCUT2D eigenvalue weighted by atomic mass is 16.5. The van der Waals surface area contributed by atoms with Crippen molar-refractivity contribution in [2.45, 2.75) is 38.4 Å². The van der Waals surface area contributed by atoms with Gasteiger partial charge in [0.05, 0.1) is 18.3 Å². The molecule has 1 aromatic carbocycles. The van der Waals surface area contributed by atoms with E-state index in [-0.39, 0.29) is 24.1 Å². The number of benzene rings is 1. The minimum atomic E-state index is -0.241. The van der Waals surface area contributed by atoms with Gasteiger partial charge >= 0.3 is 0 Å². The van der Waals surface area contributed by atoms with E-state index in [0.717, 1.165) is 31.6 Å². The number of aliphatic hydroxyl groups is 1. The molecule has 0 spiro atoms. The van der Waals surface area contributed by atoms with Gasteiger partial charge in [-0.05, 0) is 26.8 Å². The lowest BCUT2D eigenvalue weighted by atomic mass is 10.0. The molecule has 1 fully saturated rings. The monoisotopic (exact) mass is 291 g/mol. The molecule has 4 nitrogen and oxygen atoms in total. The number of ketones is 1. The molecule has 1 aliphatic rings. The highest BCUT2D eigenvalue weighted by Crippen LogP contribution is 2.21. The van der Waals surface area contributed by atoms with Gasteiger partial charge in [0.1, 0.15) is 0 Å². The van der Waals surface area contributed by atoms with Gasteiger partial charge in [0.2, 0.25) is 0 Å². The zero-order chi connectivity index (χ0) is 15.3. The highest BCUT2D eigenvalue weighted by Gasteiger charge is 2.32. The molecular formula is C17H25NO3. The van der Waals surface area contributed by atoms with Crippen LogP contribution in [-0.4, -0.2) is 53.7 Å². The van der Waals surface area contributed by atoms with E-state index in [1.807, 2.05) is 44.2 Å². The Hall–Kier alpha value is -1.23. The average molecular weight is 291 g/mol. The maximum absolute atomic E-state index is 12.1. The van der Waals surface area contributed by atoms with Crippen LogP contribution in [0.25, 0.3) is 0 Å². The second-order valence-corrected chi connectivity index (χ2v) is 6.31. The van der Waals surface area contributed by atoms with Gasteiger partial charge in [-0.2, -0.15) is 0 Å². The number of hydrogen-bond donors (Lipinski definition) is 1. The van der Waals surface area contributed by atoms with Crippen molar-refractivity contribution in [3.05, 3.63) is 35.9 Å². The van der Waals surface area contributed by atoms with Gasteiger partial charge in [-0.1, -0.05) is 30.3 Å². The Labute approximate surface area is 126 Å². The summed E-state index contributed by atoms with van der Waals surface area (Å²) in [5.74, 6) is 0.196. The van der Waals surface area contributed by atoms with Crippen molar-refractivity contribution >= 4 is 5.78 Å². The lowest BCUT2D eigenvalue weighted by molar-refractivity contribution is -0.148. The fraction of sp³-hybridized carbons (Fsp3) is 0.588.